The first kappa shape index (κ1) is 32.3. The van der Waals surface area contributed by atoms with Crippen molar-refractivity contribution < 1.29 is 0 Å². The van der Waals surface area contributed by atoms with Crippen LogP contribution in [-0.4, -0.2) is 18.9 Å². The first-order valence-corrected chi connectivity index (χ1v) is 20.4. The Kier molecular flexibility index (Phi) is 6.78. The van der Waals surface area contributed by atoms with Crippen molar-refractivity contribution in [3.63, 3.8) is 0 Å². The van der Waals surface area contributed by atoms with Crippen LogP contribution in [0.3, 0.4) is 0 Å². The van der Waals surface area contributed by atoms with Gasteiger partial charge in [-0.2, -0.15) is 0 Å². The monoisotopic (exact) mass is 753 g/mol. The van der Waals surface area contributed by atoms with Gasteiger partial charge < -0.3 is 9.30 Å². The van der Waals surface area contributed by atoms with Gasteiger partial charge in [0.15, 0.2) is 0 Å². The summed E-state index contributed by atoms with van der Waals surface area (Å²) in [5.74, 6) is 0.660. The molecule has 4 aromatic heterocycles. The van der Waals surface area contributed by atoms with Crippen LogP contribution < -0.4 is 10.1 Å². The van der Waals surface area contributed by atoms with E-state index < -0.39 is 0 Å². The number of anilines is 3. The molecular weight excluding hydrogens is 719 g/mol. The molecule has 5 heteroatoms. The minimum atomic E-state index is 0.660. The highest BCUT2D eigenvalue weighted by Gasteiger charge is 2.25. The van der Waals surface area contributed by atoms with Gasteiger partial charge in [-0.05, 0) is 78.4 Å². The van der Waals surface area contributed by atoms with Gasteiger partial charge >= 0.3 is 0 Å². The normalized spacial score (nSPS) is 12.7. The van der Waals surface area contributed by atoms with Crippen molar-refractivity contribution in [1.82, 2.24) is 18.9 Å². The summed E-state index contributed by atoms with van der Waals surface area (Å²) in [6.45, 7) is 0. The molecule has 0 unspecified atom stereocenters. The third kappa shape index (κ3) is 4.61. The van der Waals surface area contributed by atoms with Gasteiger partial charge in [0.25, 0.3) is 0 Å². The molecule has 276 valence electrons. The predicted molar refractivity (Wildman–Crippen MR) is 245 cm³/mol. The molecule has 1 aliphatic rings. The molecule has 0 radical (unpaired) electrons. The summed E-state index contributed by atoms with van der Waals surface area (Å²) < 4.78 is 4.89. The minimum Gasteiger partial charge on any atom is -0.311 e. The van der Waals surface area contributed by atoms with Crippen LogP contribution in [0.1, 0.15) is 12.0 Å². The van der Waals surface area contributed by atoms with Gasteiger partial charge in [-0.25, -0.2) is 9.97 Å². The zero-order valence-electron chi connectivity index (χ0n) is 32.0. The van der Waals surface area contributed by atoms with E-state index in [1.165, 1.54) is 59.6 Å². The lowest BCUT2D eigenvalue weighted by Crippen LogP contribution is -2.09. The number of aryl methyl sites for hydroxylation is 1. The van der Waals surface area contributed by atoms with Crippen molar-refractivity contribution in [3.05, 3.63) is 193 Å². The Morgan fingerprint density at radius 2 is 1.08 bits per heavy atom. The quantitative estimate of drug-likeness (QED) is 0.176. The van der Waals surface area contributed by atoms with Crippen molar-refractivity contribution in [2.45, 2.75) is 12.8 Å². The molecule has 1 aliphatic carbocycles. The molecule has 5 nitrogen and oxygen atoms in total. The van der Waals surface area contributed by atoms with Crippen LogP contribution in [0.25, 0.3) is 94.1 Å². The highest BCUT2D eigenvalue weighted by atomic mass is 15.2. The topological polar surface area (TPSA) is 38.4 Å². The third-order valence-corrected chi connectivity index (χ3v) is 12.5. The van der Waals surface area contributed by atoms with Crippen molar-refractivity contribution in [3.8, 4) is 17.2 Å². The molecule has 0 fully saturated rings. The summed E-state index contributed by atoms with van der Waals surface area (Å²) in [4.78, 5) is 13.3. The number of para-hydroxylation sites is 5. The second-order valence-corrected chi connectivity index (χ2v) is 15.7. The van der Waals surface area contributed by atoms with E-state index in [2.05, 4.69) is 202 Å². The van der Waals surface area contributed by atoms with Gasteiger partial charge in [-0.3, -0.25) is 4.57 Å². The molecule has 4 heterocycles. The van der Waals surface area contributed by atoms with E-state index in [4.69, 9.17) is 9.97 Å². The first-order valence-electron chi connectivity index (χ1n) is 20.4. The maximum Gasteiger partial charge on any atom is 0.235 e. The minimum absolute atomic E-state index is 0.660. The average molecular weight is 754 g/mol. The molecule has 0 aliphatic heterocycles. The van der Waals surface area contributed by atoms with Gasteiger partial charge in [0.2, 0.25) is 5.95 Å². The van der Waals surface area contributed by atoms with Crippen LogP contribution in [0.4, 0.5) is 17.1 Å². The Bertz CT molecular complexity index is 3670. The van der Waals surface area contributed by atoms with Crippen LogP contribution in [0.5, 0.6) is 0 Å². The Hall–Kier alpha value is -7.76. The Labute approximate surface area is 339 Å². The number of fused-ring (bicyclic) bond motifs is 13. The maximum atomic E-state index is 5.57. The van der Waals surface area contributed by atoms with Gasteiger partial charge in [0.1, 0.15) is 0 Å². The number of benzene rings is 8. The van der Waals surface area contributed by atoms with Crippen molar-refractivity contribution >= 4 is 93.9 Å². The third-order valence-electron chi connectivity index (χ3n) is 12.5. The molecule has 59 heavy (non-hydrogen) atoms. The first-order chi connectivity index (χ1) is 29.3. The Balaban J connectivity index is 1.09. The summed E-state index contributed by atoms with van der Waals surface area (Å²) in [5.41, 5.74) is 13.7. The van der Waals surface area contributed by atoms with Crippen LogP contribution in [0.2, 0.25) is 0 Å². The molecule has 0 amide bonds. The molecule has 0 atom stereocenters. The highest BCUT2D eigenvalue weighted by molar-refractivity contribution is 6.26. The number of aromatic nitrogens is 4. The Morgan fingerprint density at radius 1 is 0.458 bits per heavy atom. The smallest absolute Gasteiger partial charge is 0.235 e. The number of hydrogen-bond acceptors (Lipinski definition) is 3. The largest absolute Gasteiger partial charge is 0.311 e. The molecule has 0 saturated heterocycles. The van der Waals surface area contributed by atoms with E-state index >= 15 is 0 Å². The van der Waals surface area contributed by atoms with Gasteiger partial charge in [-0.1, -0.05) is 133 Å². The van der Waals surface area contributed by atoms with E-state index in [1.54, 1.807) is 0 Å². The molecule has 0 saturated carbocycles. The summed E-state index contributed by atoms with van der Waals surface area (Å²) in [7, 11) is 0. The SMILES string of the molecule is C1=c2c3ccccc3n3c2c(c2ccc4ccc5c6ccccc6n(-c6nc(-c7ccc(N(c8ccccc8)c8ccccc8)cc7)c7ccccc7n6)c5c4c23)CC1. The lowest BCUT2D eigenvalue weighted by Gasteiger charge is -2.25. The fourth-order valence-corrected chi connectivity index (χ4v) is 10.0. The average Bonchev–Trinajstić information content (AvgIpc) is 3.95. The maximum absolute atomic E-state index is 5.57. The number of rotatable bonds is 5. The second kappa shape index (κ2) is 12.4. The van der Waals surface area contributed by atoms with Gasteiger partial charge in [-0.15, -0.1) is 0 Å². The van der Waals surface area contributed by atoms with Gasteiger partial charge in [0.05, 0.1) is 38.8 Å². The summed E-state index contributed by atoms with van der Waals surface area (Å²) >= 11 is 0. The van der Waals surface area contributed by atoms with Crippen LogP contribution in [0.15, 0.2) is 182 Å². The number of hydrogen-bond donors (Lipinski definition) is 0. The number of nitrogens with zero attached hydrogens (tertiary/aromatic N) is 5. The zero-order chi connectivity index (χ0) is 38.6. The summed E-state index contributed by atoms with van der Waals surface area (Å²) in [5, 5.41) is 9.84. The molecule has 8 aromatic carbocycles. The van der Waals surface area contributed by atoms with E-state index in [0.29, 0.717) is 5.95 Å². The van der Waals surface area contributed by atoms with Crippen molar-refractivity contribution in [2.75, 3.05) is 4.90 Å². The van der Waals surface area contributed by atoms with E-state index in [0.717, 1.165) is 63.1 Å². The second-order valence-electron chi connectivity index (χ2n) is 15.7. The van der Waals surface area contributed by atoms with Crippen molar-refractivity contribution in [2.24, 2.45) is 0 Å². The standard InChI is InChI=1S/C54H35N5/c1-3-14-36(15-4-1)57(37-16-5-2-6-17-37)38-30-26-35(27-31-38)50-45-20-7-10-23-46(45)55-54(56-50)59-48-25-12-9-19-40(48)43-32-28-34-29-33-44-42-22-13-21-41-39-18-8-11-24-47(39)58(51(41)42)52(44)49(34)53(43)59/h1-12,14-21,23-33H,13,22H2. The lowest BCUT2D eigenvalue weighted by molar-refractivity contribution is 1.02. The summed E-state index contributed by atoms with van der Waals surface area (Å²) in [6, 6.07) is 65.2. The van der Waals surface area contributed by atoms with E-state index in [1.807, 2.05) is 0 Å². The van der Waals surface area contributed by atoms with E-state index in [9.17, 15) is 0 Å². The van der Waals surface area contributed by atoms with Crippen molar-refractivity contribution in [1.29, 1.82) is 0 Å². The lowest BCUT2D eigenvalue weighted by atomic mass is 9.97. The molecule has 12 aromatic rings. The highest BCUT2D eigenvalue weighted by Crippen LogP contribution is 2.43. The van der Waals surface area contributed by atoms with E-state index in [-0.39, 0.29) is 0 Å². The molecule has 0 spiro atoms. The molecule has 0 N–H and O–H groups in total. The molecule has 13 rings (SSSR count). The van der Waals surface area contributed by atoms with Crippen LogP contribution >= 0.6 is 0 Å². The molecule has 0 bridgehead atoms. The molecular formula is C54H35N5. The van der Waals surface area contributed by atoms with Gasteiger partial charge in [0, 0.05) is 60.2 Å². The van der Waals surface area contributed by atoms with Crippen LogP contribution in [0, 0.1) is 0 Å². The van der Waals surface area contributed by atoms with Crippen LogP contribution in [-0.2, 0) is 6.42 Å². The fourth-order valence-electron chi connectivity index (χ4n) is 10.0. The Morgan fingerprint density at radius 3 is 1.85 bits per heavy atom. The zero-order valence-corrected chi connectivity index (χ0v) is 32.0. The summed E-state index contributed by atoms with van der Waals surface area (Å²) in [6.07, 6.45) is 4.52. The fraction of sp³-hybridized carbons (Fsp3) is 0.0370. The predicted octanol–water partition coefficient (Wildman–Crippen LogP) is 13.0.